The SMILES string of the molecule is CCc1nnc2sc(-c3ccc(C)c(NC(=O)c4ccc(C(C)C)cc4)c3)nn12. The number of nitrogens with one attached hydrogen (secondary N) is 1. The van der Waals surface area contributed by atoms with E-state index in [1.807, 2.05) is 56.3 Å². The fourth-order valence-corrected chi connectivity index (χ4v) is 3.95. The largest absolute Gasteiger partial charge is 0.322 e. The Labute approximate surface area is 173 Å². The van der Waals surface area contributed by atoms with Crippen molar-refractivity contribution in [1.29, 1.82) is 0 Å². The van der Waals surface area contributed by atoms with Crippen molar-refractivity contribution in [1.82, 2.24) is 19.8 Å². The summed E-state index contributed by atoms with van der Waals surface area (Å²) in [6.45, 7) is 8.29. The van der Waals surface area contributed by atoms with Crippen LogP contribution in [-0.4, -0.2) is 25.7 Å². The van der Waals surface area contributed by atoms with E-state index in [1.54, 1.807) is 4.52 Å². The van der Waals surface area contributed by atoms with Crippen LogP contribution in [0.5, 0.6) is 0 Å². The van der Waals surface area contributed by atoms with Gasteiger partial charge in [-0.3, -0.25) is 4.79 Å². The molecule has 0 saturated carbocycles. The van der Waals surface area contributed by atoms with E-state index in [1.165, 1.54) is 16.9 Å². The number of nitrogens with zero attached hydrogens (tertiary/aromatic N) is 4. The normalized spacial score (nSPS) is 11.3. The summed E-state index contributed by atoms with van der Waals surface area (Å²) < 4.78 is 1.79. The molecule has 0 aliphatic rings. The van der Waals surface area contributed by atoms with Gasteiger partial charge in [-0.2, -0.15) is 9.61 Å². The molecule has 0 fully saturated rings. The third-order valence-corrected chi connectivity index (χ3v) is 5.89. The van der Waals surface area contributed by atoms with Gasteiger partial charge in [-0.25, -0.2) is 0 Å². The molecule has 2 heterocycles. The maximum atomic E-state index is 12.7. The molecule has 0 radical (unpaired) electrons. The lowest BCUT2D eigenvalue weighted by Crippen LogP contribution is -2.13. The Morgan fingerprint density at radius 2 is 1.90 bits per heavy atom. The number of anilines is 1. The first-order valence-corrected chi connectivity index (χ1v) is 10.5. The number of amides is 1. The number of carbonyl (C=O) groups is 1. The molecule has 0 aliphatic heterocycles. The molecule has 0 bridgehead atoms. The summed E-state index contributed by atoms with van der Waals surface area (Å²) in [5.41, 5.74) is 4.58. The third kappa shape index (κ3) is 3.78. The van der Waals surface area contributed by atoms with Crippen LogP contribution < -0.4 is 5.32 Å². The Morgan fingerprint density at radius 1 is 1.14 bits per heavy atom. The molecule has 29 heavy (non-hydrogen) atoms. The van der Waals surface area contributed by atoms with Crippen molar-refractivity contribution in [3.63, 3.8) is 0 Å². The zero-order valence-corrected chi connectivity index (χ0v) is 17.7. The van der Waals surface area contributed by atoms with E-state index in [2.05, 4.69) is 34.5 Å². The molecule has 0 spiro atoms. The monoisotopic (exact) mass is 405 g/mol. The van der Waals surface area contributed by atoms with Gasteiger partial charge in [0, 0.05) is 23.2 Å². The van der Waals surface area contributed by atoms with E-state index < -0.39 is 0 Å². The molecule has 1 N–H and O–H groups in total. The predicted molar refractivity (Wildman–Crippen MR) is 117 cm³/mol. The Balaban J connectivity index is 1.60. The van der Waals surface area contributed by atoms with Crippen molar-refractivity contribution in [2.75, 3.05) is 5.32 Å². The van der Waals surface area contributed by atoms with E-state index in [9.17, 15) is 4.79 Å². The topological polar surface area (TPSA) is 72.2 Å². The highest BCUT2D eigenvalue weighted by Crippen LogP contribution is 2.29. The Bertz CT molecular complexity index is 1170. The number of carbonyl (C=O) groups excluding carboxylic acids is 1. The van der Waals surface area contributed by atoms with Crippen LogP contribution in [0.25, 0.3) is 15.5 Å². The average molecular weight is 406 g/mol. The highest BCUT2D eigenvalue weighted by atomic mass is 32.1. The van der Waals surface area contributed by atoms with Gasteiger partial charge in [0.1, 0.15) is 5.01 Å². The summed E-state index contributed by atoms with van der Waals surface area (Å²) in [6, 6.07) is 13.7. The lowest BCUT2D eigenvalue weighted by atomic mass is 10.0. The zero-order valence-electron chi connectivity index (χ0n) is 16.9. The highest BCUT2D eigenvalue weighted by Gasteiger charge is 2.14. The molecule has 0 atom stereocenters. The second-order valence-corrected chi connectivity index (χ2v) is 8.29. The third-order valence-electron chi connectivity index (χ3n) is 4.94. The van der Waals surface area contributed by atoms with Crippen LogP contribution >= 0.6 is 11.3 Å². The molecule has 4 rings (SSSR count). The van der Waals surface area contributed by atoms with Crippen LogP contribution in [0.3, 0.4) is 0 Å². The van der Waals surface area contributed by atoms with Crippen molar-refractivity contribution in [2.24, 2.45) is 0 Å². The maximum Gasteiger partial charge on any atom is 0.255 e. The Morgan fingerprint density at radius 3 is 2.59 bits per heavy atom. The van der Waals surface area contributed by atoms with Crippen LogP contribution in [0, 0.1) is 6.92 Å². The van der Waals surface area contributed by atoms with Gasteiger partial charge in [-0.15, -0.1) is 10.2 Å². The Hall–Kier alpha value is -3.06. The van der Waals surface area contributed by atoms with Crippen LogP contribution in [0.15, 0.2) is 42.5 Å². The zero-order chi connectivity index (χ0) is 20.5. The number of benzene rings is 2. The molecular formula is C22H23N5OS. The molecule has 4 aromatic rings. The van der Waals surface area contributed by atoms with E-state index in [0.717, 1.165) is 39.0 Å². The van der Waals surface area contributed by atoms with Crippen LogP contribution in [0.4, 0.5) is 5.69 Å². The van der Waals surface area contributed by atoms with Crippen LogP contribution in [0.2, 0.25) is 0 Å². The Kier molecular flexibility index (Phi) is 5.15. The van der Waals surface area contributed by atoms with Gasteiger partial charge in [-0.1, -0.05) is 56.4 Å². The average Bonchev–Trinajstić information content (AvgIpc) is 3.30. The van der Waals surface area contributed by atoms with Crippen molar-refractivity contribution < 1.29 is 4.79 Å². The van der Waals surface area contributed by atoms with Crippen molar-refractivity contribution in [3.8, 4) is 10.6 Å². The minimum Gasteiger partial charge on any atom is -0.322 e. The number of rotatable bonds is 5. The molecule has 0 aliphatic carbocycles. The van der Waals surface area contributed by atoms with E-state index in [-0.39, 0.29) is 5.91 Å². The molecule has 148 valence electrons. The second-order valence-electron chi connectivity index (χ2n) is 7.33. The number of aryl methyl sites for hydroxylation is 2. The fourth-order valence-electron chi connectivity index (χ4n) is 3.10. The van der Waals surface area contributed by atoms with Gasteiger partial charge in [0.05, 0.1) is 0 Å². The first-order chi connectivity index (χ1) is 14.0. The van der Waals surface area contributed by atoms with Crippen LogP contribution in [0.1, 0.15) is 54.0 Å². The number of aromatic nitrogens is 4. The summed E-state index contributed by atoms with van der Waals surface area (Å²) in [5, 5.41) is 16.8. The summed E-state index contributed by atoms with van der Waals surface area (Å²) in [4.78, 5) is 13.5. The van der Waals surface area contributed by atoms with Gasteiger partial charge in [0.15, 0.2) is 5.82 Å². The maximum absolute atomic E-state index is 12.7. The van der Waals surface area contributed by atoms with Gasteiger partial charge >= 0.3 is 0 Å². The second kappa shape index (κ2) is 7.75. The van der Waals surface area contributed by atoms with E-state index in [4.69, 9.17) is 0 Å². The van der Waals surface area contributed by atoms with Gasteiger partial charge < -0.3 is 5.32 Å². The molecular weight excluding hydrogens is 382 g/mol. The molecule has 2 aromatic heterocycles. The lowest BCUT2D eigenvalue weighted by Gasteiger charge is -2.11. The smallest absolute Gasteiger partial charge is 0.255 e. The number of fused-ring (bicyclic) bond motifs is 1. The molecule has 7 heteroatoms. The molecule has 2 aromatic carbocycles. The van der Waals surface area contributed by atoms with Gasteiger partial charge in [-0.05, 0) is 42.2 Å². The lowest BCUT2D eigenvalue weighted by molar-refractivity contribution is 0.102. The van der Waals surface area contributed by atoms with E-state index in [0.29, 0.717) is 11.5 Å². The van der Waals surface area contributed by atoms with Crippen LogP contribution in [-0.2, 0) is 6.42 Å². The summed E-state index contributed by atoms with van der Waals surface area (Å²) >= 11 is 1.49. The fraction of sp³-hybridized carbons (Fsp3) is 0.273. The van der Waals surface area contributed by atoms with Crippen molar-refractivity contribution in [2.45, 2.75) is 40.0 Å². The summed E-state index contributed by atoms with van der Waals surface area (Å²) in [7, 11) is 0. The predicted octanol–water partition coefficient (Wildman–Crippen LogP) is 5.10. The standard InChI is InChI=1S/C22H23N5OS/c1-5-19-24-25-22-27(19)26-21(29-22)17-7-6-14(4)18(12-17)23-20(28)16-10-8-15(9-11-16)13(2)3/h6-13H,5H2,1-4H3,(H,23,28). The number of hydrogen-bond acceptors (Lipinski definition) is 5. The van der Waals surface area contributed by atoms with Gasteiger partial charge in [0.25, 0.3) is 5.91 Å². The number of hydrogen-bond donors (Lipinski definition) is 1. The molecule has 6 nitrogen and oxygen atoms in total. The minimum atomic E-state index is -0.119. The van der Waals surface area contributed by atoms with Crippen molar-refractivity contribution >= 4 is 27.9 Å². The van der Waals surface area contributed by atoms with Crippen molar-refractivity contribution in [3.05, 3.63) is 65.0 Å². The first kappa shape index (κ1) is 19.3. The highest BCUT2D eigenvalue weighted by molar-refractivity contribution is 7.19. The van der Waals surface area contributed by atoms with Gasteiger partial charge in [0.2, 0.25) is 4.96 Å². The summed E-state index contributed by atoms with van der Waals surface area (Å²) in [6.07, 6.45) is 0.773. The first-order valence-electron chi connectivity index (χ1n) is 9.69. The minimum absolute atomic E-state index is 0.119. The quantitative estimate of drug-likeness (QED) is 0.501. The molecule has 1 amide bonds. The summed E-state index contributed by atoms with van der Waals surface area (Å²) in [5.74, 6) is 1.16. The van der Waals surface area contributed by atoms with E-state index >= 15 is 0 Å². The molecule has 0 saturated heterocycles. The molecule has 0 unspecified atom stereocenters.